The summed E-state index contributed by atoms with van der Waals surface area (Å²) in [7, 11) is 0. The fourth-order valence-electron chi connectivity index (χ4n) is 2.41. The van der Waals surface area contributed by atoms with Crippen LogP contribution in [0.1, 0.15) is 10.4 Å². The lowest BCUT2D eigenvalue weighted by atomic mass is 10.2. The minimum Gasteiger partial charge on any atom is -0.435 e. The van der Waals surface area contributed by atoms with Gasteiger partial charge in [-0.25, -0.2) is 4.98 Å². The highest BCUT2D eigenvalue weighted by Gasteiger charge is 2.18. The number of amides is 1. The molecule has 1 amide bonds. The highest BCUT2D eigenvalue weighted by molar-refractivity contribution is 7.98. The van der Waals surface area contributed by atoms with Crippen molar-refractivity contribution in [3.05, 3.63) is 80.5 Å². The van der Waals surface area contributed by atoms with Crippen molar-refractivity contribution >= 4 is 52.2 Å². The van der Waals surface area contributed by atoms with Gasteiger partial charge in [0.1, 0.15) is 5.02 Å². The van der Waals surface area contributed by atoms with E-state index in [9.17, 15) is 14.9 Å². The fraction of sp³-hybridized carbons (Fsp3) is 0.0526. The summed E-state index contributed by atoms with van der Waals surface area (Å²) in [5.74, 6) is -0.0995. The van der Waals surface area contributed by atoms with Crippen LogP contribution < -0.4 is 10.1 Å². The van der Waals surface area contributed by atoms with E-state index < -0.39 is 10.8 Å². The van der Waals surface area contributed by atoms with Crippen molar-refractivity contribution in [1.29, 1.82) is 0 Å². The largest absolute Gasteiger partial charge is 0.435 e. The molecule has 0 fully saturated rings. The number of nitrogens with one attached hydrogen (secondary N) is 1. The van der Waals surface area contributed by atoms with Crippen LogP contribution in [0.4, 0.5) is 11.4 Å². The van der Waals surface area contributed by atoms with Gasteiger partial charge in [0.15, 0.2) is 5.75 Å². The molecule has 1 N–H and O–H groups in total. The van der Waals surface area contributed by atoms with Crippen molar-refractivity contribution in [2.24, 2.45) is 0 Å². The Morgan fingerprint density at radius 3 is 2.66 bits per heavy atom. The summed E-state index contributed by atoms with van der Waals surface area (Å²) in [6.07, 6.45) is 3.11. The van der Waals surface area contributed by atoms with Crippen LogP contribution in [0.5, 0.6) is 11.6 Å². The van der Waals surface area contributed by atoms with Crippen molar-refractivity contribution in [2.75, 3.05) is 11.6 Å². The summed E-state index contributed by atoms with van der Waals surface area (Å²) < 4.78 is 5.70. The number of thioether (sulfide) groups is 1. The maximum absolute atomic E-state index is 12.6. The highest BCUT2D eigenvalue weighted by atomic mass is 35.5. The monoisotopic (exact) mass is 449 g/mol. The predicted molar refractivity (Wildman–Crippen MR) is 114 cm³/mol. The molecule has 0 saturated heterocycles. The molecule has 29 heavy (non-hydrogen) atoms. The Morgan fingerprint density at radius 2 is 1.97 bits per heavy atom. The molecule has 0 unspecified atom stereocenters. The van der Waals surface area contributed by atoms with Crippen molar-refractivity contribution in [3.8, 4) is 11.6 Å². The molecule has 0 radical (unpaired) electrons. The number of nitro benzene ring substituents is 1. The number of nitrogens with zero attached hydrogens (tertiary/aromatic N) is 2. The van der Waals surface area contributed by atoms with Crippen LogP contribution in [0, 0.1) is 10.1 Å². The number of rotatable bonds is 6. The van der Waals surface area contributed by atoms with E-state index in [1.54, 1.807) is 30.5 Å². The standard InChI is InChI=1S/C19H13Cl2N3O4S/c1-29-17-7-6-11(8-15(17)24(26)27)18(25)23-14-4-2-3-5-16(14)28-19-13(21)9-12(20)10-22-19/h2-10H,1H3,(H,23,25). The van der Waals surface area contributed by atoms with Crippen LogP contribution in [-0.2, 0) is 0 Å². The summed E-state index contributed by atoms with van der Waals surface area (Å²) in [5, 5.41) is 14.5. The second kappa shape index (κ2) is 9.13. The molecule has 1 heterocycles. The molecular weight excluding hydrogens is 437 g/mol. The van der Waals surface area contributed by atoms with E-state index in [0.29, 0.717) is 21.4 Å². The van der Waals surface area contributed by atoms with Crippen LogP contribution in [0.3, 0.4) is 0 Å². The van der Waals surface area contributed by atoms with Gasteiger partial charge in [0, 0.05) is 17.8 Å². The average Bonchev–Trinajstić information content (AvgIpc) is 2.70. The van der Waals surface area contributed by atoms with Crippen molar-refractivity contribution in [1.82, 2.24) is 4.98 Å². The molecule has 0 atom stereocenters. The third-order valence-corrected chi connectivity index (χ3v) is 5.02. The molecule has 0 bridgehead atoms. The smallest absolute Gasteiger partial charge is 0.283 e. The third kappa shape index (κ3) is 4.97. The quantitative estimate of drug-likeness (QED) is 0.279. The van der Waals surface area contributed by atoms with E-state index in [2.05, 4.69) is 10.3 Å². The minimum absolute atomic E-state index is 0.123. The van der Waals surface area contributed by atoms with Crippen LogP contribution in [-0.4, -0.2) is 22.1 Å². The lowest BCUT2D eigenvalue weighted by Crippen LogP contribution is -2.13. The first kappa shape index (κ1) is 20.9. The number of para-hydroxylation sites is 2. The normalized spacial score (nSPS) is 10.4. The molecule has 1 aromatic heterocycles. The molecule has 0 aliphatic carbocycles. The Balaban J connectivity index is 1.86. The second-order valence-electron chi connectivity index (χ2n) is 5.64. The Bertz CT molecular complexity index is 1090. The van der Waals surface area contributed by atoms with Crippen molar-refractivity contribution < 1.29 is 14.5 Å². The number of anilines is 1. The summed E-state index contributed by atoms with van der Waals surface area (Å²) in [4.78, 5) is 27.9. The second-order valence-corrected chi connectivity index (χ2v) is 7.33. The van der Waals surface area contributed by atoms with E-state index in [1.807, 2.05) is 0 Å². The maximum Gasteiger partial charge on any atom is 0.283 e. The minimum atomic E-state index is -0.521. The van der Waals surface area contributed by atoms with E-state index in [-0.39, 0.29) is 22.2 Å². The lowest BCUT2D eigenvalue weighted by molar-refractivity contribution is -0.387. The number of pyridine rings is 1. The summed E-state index contributed by atoms with van der Waals surface area (Å²) in [5.41, 5.74) is 0.362. The number of aromatic nitrogens is 1. The van der Waals surface area contributed by atoms with Gasteiger partial charge in [-0.2, -0.15) is 0 Å². The maximum atomic E-state index is 12.6. The zero-order chi connectivity index (χ0) is 21.0. The van der Waals surface area contributed by atoms with Gasteiger partial charge in [-0.3, -0.25) is 14.9 Å². The van der Waals surface area contributed by atoms with Crippen LogP contribution in [0.2, 0.25) is 10.0 Å². The topological polar surface area (TPSA) is 94.4 Å². The van der Waals surface area contributed by atoms with Gasteiger partial charge in [0.05, 0.1) is 20.5 Å². The number of ether oxygens (including phenoxy) is 1. The van der Waals surface area contributed by atoms with Gasteiger partial charge in [0.25, 0.3) is 11.6 Å². The molecule has 0 saturated carbocycles. The summed E-state index contributed by atoms with van der Waals surface area (Å²) in [6, 6.07) is 12.5. The van der Waals surface area contributed by atoms with Gasteiger partial charge >= 0.3 is 0 Å². The number of nitro groups is 1. The molecule has 10 heteroatoms. The number of hydrogen-bond acceptors (Lipinski definition) is 6. The molecule has 148 valence electrons. The Kier molecular flexibility index (Phi) is 6.58. The van der Waals surface area contributed by atoms with E-state index in [4.69, 9.17) is 27.9 Å². The van der Waals surface area contributed by atoms with Gasteiger partial charge in [-0.15, -0.1) is 11.8 Å². The predicted octanol–water partition coefficient (Wildman–Crippen LogP) is 6.06. The molecule has 7 nitrogen and oxygen atoms in total. The van der Waals surface area contributed by atoms with Gasteiger partial charge in [-0.1, -0.05) is 35.3 Å². The average molecular weight is 450 g/mol. The Hall–Kier alpha value is -2.81. The molecule has 0 aliphatic heterocycles. The van der Waals surface area contributed by atoms with E-state index in [0.717, 1.165) is 0 Å². The molecule has 0 aliphatic rings. The van der Waals surface area contributed by atoms with Crippen molar-refractivity contribution in [2.45, 2.75) is 4.90 Å². The van der Waals surface area contributed by atoms with Crippen LogP contribution in [0.15, 0.2) is 59.6 Å². The first-order chi connectivity index (χ1) is 13.9. The van der Waals surface area contributed by atoms with Gasteiger partial charge < -0.3 is 10.1 Å². The van der Waals surface area contributed by atoms with E-state index >= 15 is 0 Å². The number of halogens is 2. The number of hydrogen-bond donors (Lipinski definition) is 1. The summed E-state index contributed by atoms with van der Waals surface area (Å²) >= 11 is 13.2. The van der Waals surface area contributed by atoms with Gasteiger partial charge in [-0.05, 0) is 36.6 Å². The molecule has 0 spiro atoms. The Morgan fingerprint density at radius 1 is 1.21 bits per heavy atom. The zero-order valence-corrected chi connectivity index (χ0v) is 17.2. The Labute approximate surface area is 180 Å². The summed E-state index contributed by atoms with van der Waals surface area (Å²) in [6.45, 7) is 0. The third-order valence-electron chi connectivity index (χ3n) is 3.75. The lowest BCUT2D eigenvalue weighted by Gasteiger charge is -2.12. The number of benzene rings is 2. The SMILES string of the molecule is CSc1ccc(C(=O)Nc2ccccc2Oc2ncc(Cl)cc2Cl)cc1[N+](=O)[O-]. The first-order valence-electron chi connectivity index (χ1n) is 8.10. The number of carbonyl (C=O) groups is 1. The molecule has 3 rings (SSSR count). The van der Waals surface area contributed by atoms with Crippen LogP contribution in [0.25, 0.3) is 0 Å². The van der Waals surface area contributed by atoms with E-state index in [1.165, 1.54) is 42.2 Å². The fourth-order valence-corrected chi connectivity index (χ4v) is 3.37. The zero-order valence-electron chi connectivity index (χ0n) is 14.9. The van der Waals surface area contributed by atoms with Crippen molar-refractivity contribution in [3.63, 3.8) is 0 Å². The highest BCUT2D eigenvalue weighted by Crippen LogP contribution is 2.34. The molecule has 2 aromatic carbocycles. The molecule has 3 aromatic rings. The first-order valence-corrected chi connectivity index (χ1v) is 10.1. The van der Waals surface area contributed by atoms with Gasteiger partial charge in [0.2, 0.25) is 5.88 Å². The van der Waals surface area contributed by atoms with Crippen LogP contribution >= 0.6 is 35.0 Å². The number of carbonyl (C=O) groups excluding carboxylic acids is 1. The molecular formula is C19H13Cl2N3O4S.